The molecular weight excluding hydrogens is 271 g/mol. The summed E-state index contributed by atoms with van der Waals surface area (Å²) >= 11 is 0. The minimum atomic E-state index is -0.528. The molecule has 0 saturated heterocycles. The molecule has 1 aromatic rings. The number of hydrogen-bond donors (Lipinski definition) is 1. The van der Waals surface area contributed by atoms with Crippen molar-refractivity contribution in [1.29, 1.82) is 5.26 Å². The van der Waals surface area contributed by atoms with E-state index in [1.807, 2.05) is 13.0 Å². The van der Waals surface area contributed by atoms with Gasteiger partial charge in [0.1, 0.15) is 11.9 Å². The predicted molar refractivity (Wildman–Crippen MR) is 77.8 cm³/mol. The summed E-state index contributed by atoms with van der Waals surface area (Å²) in [6, 6.07) is 7.61. The fourth-order valence-corrected chi connectivity index (χ4v) is 2.11. The van der Waals surface area contributed by atoms with E-state index in [4.69, 9.17) is 10.00 Å². The Kier molecular flexibility index (Phi) is 7.41. The molecule has 0 amide bonds. The maximum absolute atomic E-state index is 13.0. The second-order valence-corrected chi connectivity index (χ2v) is 4.68. The molecule has 4 nitrogen and oxygen atoms in total. The highest BCUT2D eigenvalue weighted by Gasteiger charge is 2.23. The predicted octanol–water partition coefficient (Wildman–Crippen LogP) is 3.10. The van der Waals surface area contributed by atoms with Gasteiger partial charge in [0.15, 0.2) is 0 Å². The summed E-state index contributed by atoms with van der Waals surface area (Å²) in [5.74, 6) is -0.645. The second-order valence-electron chi connectivity index (χ2n) is 4.68. The van der Waals surface area contributed by atoms with E-state index in [-0.39, 0.29) is 24.2 Å². The van der Waals surface area contributed by atoms with Crippen LogP contribution >= 0.6 is 0 Å². The third kappa shape index (κ3) is 5.52. The van der Waals surface area contributed by atoms with Crippen molar-refractivity contribution in [3.8, 4) is 6.07 Å². The largest absolute Gasteiger partial charge is 0.465 e. The van der Waals surface area contributed by atoms with E-state index in [9.17, 15) is 9.18 Å². The van der Waals surface area contributed by atoms with E-state index in [0.29, 0.717) is 13.0 Å². The van der Waals surface area contributed by atoms with Crippen molar-refractivity contribution in [2.45, 2.75) is 45.2 Å². The number of carbonyl (C=O) groups excluding carboxylic acids is 1. The molecule has 0 spiro atoms. The van der Waals surface area contributed by atoms with Crippen molar-refractivity contribution in [3.05, 3.63) is 35.6 Å². The Morgan fingerprint density at radius 2 is 2.05 bits per heavy atom. The van der Waals surface area contributed by atoms with Gasteiger partial charge in [0.05, 0.1) is 12.7 Å². The van der Waals surface area contributed by atoms with Crippen molar-refractivity contribution in [3.63, 3.8) is 0 Å². The third-order valence-corrected chi connectivity index (χ3v) is 3.20. The van der Waals surface area contributed by atoms with E-state index in [2.05, 4.69) is 5.32 Å². The lowest BCUT2D eigenvalue weighted by atomic mass is 10.0. The van der Waals surface area contributed by atoms with E-state index < -0.39 is 6.04 Å². The van der Waals surface area contributed by atoms with E-state index >= 15 is 0 Å². The number of rotatable bonds is 8. The molecule has 0 saturated carbocycles. The summed E-state index contributed by atoms with van der Waals surface area (Å²) in [5.41, 5.74) is 0.908. The highest BCUT2D eigenvalue weighted by molar-refractivity contribution is 5.75. The molecule has 5 heteroatoms. The maximum atomic E-state index is 13.0. The Morgan fingerprint density at radius 1 is 1.38 bits per heavy atom. The van der Waals surface area contributed by atoms with Crippen molar-refractivity contribution in [1.82, 2.24) is 5.32 Å². The van der Waals surface area contributed by atoms with Gasteiger partial charge < -0.3 is 4.74 Å². The maximum Gasteiger partial charge on any atom is 0.323 e. The lowest BCUT2D eigenvalue weighted by Crippen LogP contribution is -2.40. The summed E-state index contributed by atoms with van der Waals surface area (Å²) in [6.45, 7) is 4.03. The van der Waals surface area contributed by atoms with Gasteiger partial charge in [0.2, 0.25) is 0 Å². The minimum Gasteiger partial charge on any atom is -0.465 e. The van der Waals surface area contributed by atoms with Crippen LogP contribution in [0.25, 0.3) is 0 Å². The molecular formula is C16H21FN2O2. The van der Waals surface area contributed by atoms with Crippen molar-refractivity contribution in [2.24, 2.45) is 0 Å². The first-order chi connectivity index (χ1) is 10.1. The zero-order valence-electron chi connectivity index (χ0n) is 12.4. The molecule has 0 heterocycles. The molecule has 0 bridgehead atoms. The van der Waals surface area contributed by atoms with Crippen LogP contribution in [0.5, 0.6) is 0 Å². The summed E-state index contributed by atoms with van der Waals surface area (Å²) in [7, 11) is 0. The normalized spacial score (nSPS) is 13.2. The Hall–Kier alpha value is -1.93. The number of nitriles is 1. The number of halogens is 1. The highest BCUT2D eigenvalue weighted by Crippen LogP contribution is 2.19. The Labute approximate surface area is 124 Å². The SMILES string of the molecule is CCOC(=O)[C@H](CCC#N)N[C@H](CC)c1ccc(F)cc1. The topological polar surface area (TPSA) is 62.1 Å². The van der Waals surface area contributed by atoms with Crippen molar-refractivity contribution >= 4 is 5.97 Å². The van der Waals surface area contributed by atoms with Crippen molar-refractivity contribution in [2.75, 3.05) is 6.61 Å². The fraction of sp³-hybridized carbons (Fsp3) is 0.500. The van der Waals surface area contributed by atoms with Crippen LogP contribution in [-0.4, -0.2) is 18.6 Å². The number of esters is 1. The average Bonchev–Trinajstić information content (AvgIpc) is 2.49. The Morgan fingerprint density at radius 3 is 2.57 bits per heavy atom. The molecule has 0 aliphatic carbocycles. The molecule has 0 aliphatic rings. The average molecular weight is 292 g/mol. The number of hydrogen-bond acceptors (Lipinski definition) is 4. The summed E-state index contributed by atoms with van der Waals surface area (Å²) in [6.07, 6.45) is 1.41. The zero-order valence-corrected chi connectivity index (χ0v) is 12.4. The molecule has 1 aromatic carbocycles. The smallest absolute Gasteiger partial charge is 0.323 e. The molecule has 0 fully saturated rings. The van der Waals surface area contributed by atoms with Gasteiger partial charge in [-0.2, -0.15) is 5.26 Å². The summed E-state index contributed by atoms with van der Waals surface area (Å²) in [4.78, 5) is 11.9. The molecule has 2 atom stereocenters. The first kappa shape index (κ1) is 17.1. The van der Waals surface area contributed by atoms with Gasteiger partial charge in [-0.15, -0.1) is 0 Å². The number of carbonyl (C=O) groups is 1. The van der Waals surface area contributed by atoms with Crippen LogP contribution in [0.15, 0.2) is 24.3 Å². The fourth-order valence-electron chi connectivity index (χ4n) is 2.11. The van der Waals surface area contributed by atoms with Crippen LogP contribution in [0, 0.1) is 17.1 Å². The second kappa shape index (κ2) is 9.09. The Bertz CT molecular complexity index is 482. The van der Waals surface area contributed by atoms with Gasteiger partial charge in [-0.3, -0.25) is 10.1 Å². The zero-order chi connectivity index (χ0) is 15.7. The number of nitrogens with zero attached hydrogens (tertiary/aromatic N) is 1. The van der Waals surface area contributed by atoms with E-state index in [1.54, 1.807) is 19.1 Å². The molecule has 21 heavy (non-hydrogen) atoms. The van der Waals surface area contributed by atoms with Crippen LogP contribution < -0.4 is 5.32 Å². The van der Waals surface area contributed by atoms with Crippen LogP contribution in [-0.2, 0) is 9.53 Å². The lowest BCUT2D eigenvalue weighted by molar-refractivity contribution is -0.146. The lowest BCUT2D eigenvalue weighted by Gasteiger charge is -2.23. The molecule has 1 N–H and O–H groups in total. The summed E-state index contributed by atoms with van der Waals surface area (Å²) in [5, 5.41) is 11.9. The standard InChI is InChI=1S/C16H21FN2O2/c1-3-14(12-7-9-13(17)10-8-12)19-15(6-5-11-18)16(20)21-4-2/h7-10,14-15,19H,3-6H2,1-2H3/t14-,15+/m1/s1. The highest BCUT2D eigenvalue weighted by atomic mass is 19.1. The number of benzene rings is 1. The quantitative estimate of drug-likeness (QED) is 0.748. The number of nitrogens with one attached hydrogen (secondary N) is 1. The first-order valence-corrected chi connectivity index (χ1v) is 7.17. The van der Waals surface area contributed by atoms with Crippen LogP contribution in [0.2, 0.25) is 0 Å². The molecule has 0 unspecified atom stereocenters. The minimum absolute atomic E-state index is 0.0845. The van der Waals surface area contributed by atoms with Gasteiger partial charge in [0.25, 0.3) is 0 Å². The van der Waals surface area contributed by atoms with Gasteiger partial charge in [-0.25, -0.2) is 4.39 Å². The van der Waals surface area contributed by atoms with Crippen LogP contribution in [0.1, 0.15) is 44.7 Å². The van der Waals surface area contributed by atoms with Gasteiger partial charge >= 0.3 is 5.97 Å². The van der Waals surface area contributed by atoms with E-state index in [1.165, 1.54) is 12.1 Å². The number of ether oxygens (including phenoxy) is 1. The monoisotopic (exact) mass is 292 g/mol. The van der Waals surface area contributed by atoms with Gasteiger partial charge in [-0.1, -0.05) is 19.1 Å². The van der Waals surface area contributed by atoms with Crippen LogP contribution in [0.3, 0.4) is 0 Å². The van der Waals surface area contributed by atoms with Gasteiger partial charge in [0, 0.05) is 12.5 Å². The Balaban J connectivity index is 2.80. The molecule has 0 aromatic heterocycles. The van der Waals surface area contributed by atoms with Gasteiger partial charge in [-0.05, 0) is 37.5 Å². The summed E-state index contributed by atoms with van der Waals surface area (Å²) < 4.78 is 18.0. The van der Waals surface area contributed by atoms with Crippen molar-refractivity contribution < 1.29 is 13.9 Å². The molecule has 1 rings (SSSR count). The molecule has 0 aliphatic heterocycles. The van der Waals surface area contributed by atoms with E-state index in [0.717, 1.165) is 12.0 Å². The molecule has 114 valence electrons. The first-order valence-electron chi connectivity index (χ1n) is 7.17. The third-order valence-electron chi connectivity index (χ3n) is 3.20. The van der Waals surface area contributed by atoms with Crippen LogP contribution in [0.4, 0.5) is 4.39 Å². The molecule has 0 radical (unpaired) electrons.